The van der Waals surface area contributed by atoms with Crippen molar-refractivity contribution in [2.24, 2.45) is 0 Å². The Morgan fingerprint density at radius 2 is 1.80 bits per heavy atom. The smallest absolute Gasteiger partial charge is 0.338 e. The van der Waals surface area contributed by atoms with Gasteiger partial charge in [-0.05, 0) is 43.3 Å². The first-order chi connectivity index (χ1) is 16.8. The summed E-state index contributed by atoms with van der Waals surface area (Å²) in [6.07, 6.45) is 0. The molecule has 4 rings (SSSR count). The lowest BCUT2D eigenvalue weighted by atomic mass is 10.2. The number of nitrogens with one attached hydrogen (secondary N) is 1. The van der Waals surface area contributed by atoms with Crippen LogP contribution >= 0.6 is 11.3 Å². The zero-order valence-corrected chi connectivity index (χ0v) is 20.3. The molecular weight excluding hydrogens is 468 g/mol. The van der Waals surface area contributed by atoms with E-state index in [0.29, 0.717) is 27.7 Å². The molecule has 0 aliphatic rings. The number of rotatable bonds is 8. The minimum atomic E-state index is -0.570. The number of hydrogen-bond donors (Lipinski definition) is 1. The van der Waals surface area contributed by atoms with Crippen molar-refractivity contribution in [3.8, 4) is 5.75 Å². The van der Waals surface area contributed by atoms with E-state index in [1.165, 1.54) is 21.9 Å². The third kappa shape index (κ3) is 6.10. The van der Waals surface area contributed by atoms with Crippen LogP contribution in [0.15, 0.2) is 59.4 Å². The number of anilines is 1. The van der Waals surface area contributed by atoms with E-state index >= 15 is 0 Å². The minimum absolute atomic E-state index is 0.136. The first-order valence-corrected chi connectivity index (χ1v) is 11.8. The molecule has 35 heavy (non-hydrogen) atoms. The Kier molecular flexibility index (Phi) is 7.21. The number of nitrogens with zero attached hydrogens (tertiary/aromatic N) is 3. The third-order valence-corrected chi connectivity index (χ3v) is 6.16. The quantitative estimate of drug-likeness (QED) is 0.371. The summed E-state index contributed by atoms with van der Waals surface area (Å²) in [6, 6.07) is 15.0. The molecule has 1 N–H and O–H groups in total. The molecule has 0 atom stereocenters. The number of esters is 1. The van der Waals surface area contributed by atoms with E-state index in [9.17, 15) is 14.4 Å². The predicted octanol–water partition coefficient (Wildman–Crippen LogP) is 3.96. The summed E-state index contributed by atoms with van der Waals surface area (Å²) in [5, 5.41) is 7.79. The molecule has 0 saturated carbocycles. The standard InChI is InChI=1S/C25H24N4O5S/c1-15(2)23-28-29-22(31)12-19(27-25(29)35-23)13-34-24(32)17-6-8-18(9-7-17)26-21(30)14-33-20-10-4-16(3)5-11-20/h4-12,15H,13-14H2,1-3H3,(H,26,30). The largest absolute Gasteiger partial charge is 0.484 e. The van der Waals surface area contributed by atoms with Crippen molar-refractivity contribution in [1.82, 2.24) is 14.6 Å². The lowest BCUT2D eigenvalue weighted by Crippen LogP contribution is -2.20. The number of benzene rings is 2. The Morgan fingerprint density at radius 3 is 2.49 bits per heavy atom. The van der Waals surface area contributed by atoms with Crippen LogP contribution in [0.5, 0.6) is 5.75 Å². The molecule has 0 saturated heterocycles. The van der Waals surface area contributed by atoms with Gasteiger partial charge in [0.05, 0.1) is 11.3 Å². The van der Waals surface area contributed by atoms with Crippen LogP contribution in [-0.4, -0.2) is 33.1 Å². The lowest BCUT2D eigenvalue weighted by molar-refractivity contribution is -0.118. The normalized spacial score (nSPS) is 11.0. The fourth-order valence-electron chi connectivity index (χ4n) is 3.07. The number of aromatic nitrogens is 3. The van der Waals surface area contributed by atoms with Crippen molar-refractivity contribution in [1.29, 1.82) is 0 Å². The SMILES string of the molecule is Cc1ccc(OCC(=O)Nc2ccc(C(=O)OCc3cc(=O)n4nc(C(C)C)sc4n3)cc2)cc1. The van der Waals surface area contributed by atoms with Crippen molar-refractivity contribution in [3.05, 3.63) is 86.8 Å². The van der Waals surface area contributed by atoms with Crippen molar-refractivity contribution in [2.45, 2.75) is 33.3 Å². The second-order valence-electron chi connectivity index (χ2n) is 8.18. The van der Waals surface area contributed by atoms with E-state index in [1.54, 1.807) is 36.4 Å². The van der Waals surface area contributed by atoms with Crippen LogP contribution in [0.3, 0.4) is 0 Å². The number of fused-ring (bicyclic) bond motifs is 1. The maximum atomic E-state index is 12.4. The van der Waals surface area contributed by atoms with Crippen molar-refractivity contribution >= 4 is 33.9 Å². The molecule has 0 spiro atoms. The average Bonchev–Trinajstić information content (AvgIpc) is 3.28. The average molecular weight is 493 g/mol. The van der Waals surface area contributed by atoms with Gasteiger partial charge in [-0.2, -0.15) is 9.61 Å². The highest BCUT2D eigenvalue weighted by Gasteiger charge is 2.13. The second kappa shape index (κ2) is 10.5. The molecule has 0 radical (unpaired) electrons. The molecule has 9 nitrogen and oxygen atoms in total. The molecule has 2 aromatic carbocycles. The molecule has 2 aromatic heterocycles. The van der Waals surface area contributed by atoms with Crippen LogP contribution in [0.1, 0.15) is 46.4 Å². The van der Waals surface area contributed by atoms with E-state index in [-0.39, 0.29) is 30.6 Å². The van der Waals surface area contributed by atoms with Crippen LogP contribution in [0.4, 0.5) is 5.69 Å². The summed E-state index contributed by atoms with van der Waals surface area (Å²) >= 11 is 1.33. The Balaban J connectivity index is 1.31. The van der Waals surface area contributed by atoms with Gasteiger partial charge in [-0.3, -0.25) is 9.59 Å². The van der Waals surface area contributed by atoms with E-state index in [2.05, 4.69) is 15.4 Å². The first kappa shape index (κ1) is 24.1. The fraction of sp³-hybridized carbons (Fsp3) is 0.240. The van der Waals surface area contributed by atoms with E-state index < -0.39 is 5.97 Å². The molecule has 0 aliphatic carbocycles. The molecule has 0 bridgehead atoms. The number of carbonyl (C=O) groups is 2. The van der Waals surface area contributed by atoms with Crippen LogP contribution < -0.4 is 15.6 Å². The van der Waals surface area contributed by atoms with Crippen LogP contribution in [-0.2, 0) is 16.1 Å². The zero-order valence-electron chi connectivity index (χ0n) is 19.5. The second-order valence-corrected chi connectivity index (χ2v) is 9.17. The highest BCUT2D eigenvalue weighted by molar-refractivity contribution is 7.16. The van der Waals surface area contributed by atoms with Gasteiger partial charge >= 0.3 is 5.97 Å². The van der Waals surface area contributed by atoms with Crippen molar-refractivity contribution < 1.29 is 19.1 Å². The highest BCUT2D eigenvalue weighted by Crippen LogP contribution is 2.20. The first-order valence-electron chi connectivity index (χ1n) is 10.9. The summed E-state index contributed by atoms with van der Waals surface area (Å²) in [5.41, 5.74) is 1.95. The summed E-state index contributed by atoms with van der Waals surface area (Å²) in [7, 11) is 0. The minimum Gasteiger partial charge on any atom is -0.484 e. The van der Waals surface area contributed by atoms with Gasteiger partial charge < -0.3 is 14.8 Å². The number of aryl methyl sites for hydroxylation is 1. The molecule has 2 heterocycles. The summed E-state index contributed by atoms with van der Waals surface area (Å²) in [5.74, 6) is -0.108. The zero-order chi connectivity index (χ0) is 24.9. The summed E-state index contributed by atoms with van der Waals surface area (Å²) in [6.45, 7) is 5.66. The lowest BCUT2D eigenvalue weighted by Gasteiger charge is -2.09. The van der Waals surface area contributed by atoms with Crippen LogP contribution in [0.25, 0.3) is 4.96 Å². The summed E-state index contributed by atoms with van der Waals surface area (Å²) in [4.78, 5) is 41.7. The van der Waals surface area contributed by atoms with E-state index in [0.717, 1.165) is 10.6 Å². The van der Waals surface area contributed by atoms with Crippen LogP contribution in [0, 0.1) is 6.92 Å². The molecule has 10 heteroatoms. The number of ether oxygens (including phenoxy) is 2. The van der Waals surface area contributed by atoms with Gasteiger partial charge in [0.2, 0.25) is 4.96 Å². The molecule has 0 unspecified atom stereocenters. The predicted molar refractivity (Wildman–Crippen MR) is 132 cm³/mol. The molecule has 0 fully saturated rings. The third-order valence-electron chi connectivity index (χ3n) is 4.95. The van der Waals surface area contributed by atoms with Crippen molar-refractivity contribution in [2.75, 3.05) is 11.9 Å². The molecule has 4 aromatic rings. The van der Waals surface area contributed by atoms with Gasteiger partial charge in [-0.25, -0.2) is 9.78 Å². The maximum Gasteiger partial charge on any atom is 0.338 e. The van der Waals surface area contributed by atoms with Gasteiger partial charge in [0.25, 0.3) is 11.5 Å². The Hall–Kier alpha value is -4.05. The van der Waals surface area contributed by atoms with Gasteiger partial charge in [0.15, 0.2) is 6.61 Å². The number of carbonyl (C=O) groups excluding carboxylic acids is 2. The van der Waals surface area contributed by atoms with Crippen LogP contribution in [0.2, 0.25) is 0 Å². The number of amides is 1. The molecule has 1 amide bonds. The van der Waals surface area contributed by atoms with E-state index in [4.69, 9.17) is 9.47 Å². The monoisotopic (exact) mass is 492 g/mol. The Morgan fingerprint density at radius 1 is 1.09 bits per heavy atom. The van der Waals surface area contributed by atoms with Crippen molar-refractivity contribution in [3.63, 3.8) is 0 Å². The fourth-order valence-corrected chi connectivity index (χ4v) is 4.00. The maximum absolute atomic E-state index is 12.4. The molecule has 180 valence electrons. The number of hydrogen-bond acceptors (Lipinski definition) is 8. The summed E-state index contributed by atoms with van der Waals surface area (Å²) < 4.78 is 12.0. The van der Waals surface area contributed by atoms with Gasteiger partial charge in [0, 0.05) is 17.7 Å². The topological polar surface area (TPSA) is 112 Å². The van der Waals surface area contributed by atoms with E-state index in [1.807, 2.05) is 32.9 Å². The van der Waals surface area contributed by atoms with Gasteiger partial charge in [-0.15, -0.1) is 0 Å². The molecule has 0 aliphatic heterocycles. The van der Waals surface area contributed by atoms with Gasteiger partial charge in [-0.1, -0.05) is 42.9 Å². The Labute approximate surface area is 205 Å². The highest BCUT2D eigenvalue weighted by atomic mass is 32.1. The van der Waals surface area contributed by atoms with Gasteiger partial charge in [0.1, 0.15) is 17.4 Å². The molecular formula is C25H24N4O5S. The Bertz CT molecular complexity index is 1410.